The van der Waals surface area contributed by atoms with E-state index in [0.717, 1.165) is 5.56 Å². The molecule has 0 aliphatic carbocycles. The first-order chi connectivity index (χ1) is 7.67. The third kappa shape index (κ3) is 3.51. The number of ether oxygens (including phenoxy) is 1. The van der Waals surface area contributed by atoms with Crippen molar-refractivity contribution in [1.82, 2.24) is 10.3 Å². The molecular formula is C11H16N2O3. The number of nitrogens with one attached hydrogen (secondary N) is 1. The first-order valence-electron chi connectivity index (χ1n) is 5.12. The Balaban J connectivity index is 2.79. The summed E-state index contributed by atoms with van der Waals surface area (Å²) in [4.78, 5) is 14.7. The van der Waals surface area contributed by atoms with Gasteiger partial charge in [0.05, 0.1) is 13.5 Å². The molecule has 1 heterocycles. The molecule has 2 N–H and O–H groups in total. The van der Waals surface area contributed by atoms with Gasteiger partial charge in [-0.1, -0.05) is 13.0 Å². The molecular weight excluding hydrogens is 208 g/mol. The van der Waals surface area contributed by atoms with Crippen LogP contribution in [-0.4, -0.2) is 29.7 Å². The average Bonchev–Trinajstić information content (AvgIpc) is 2.28. The van der Waals surface area contributed by atoms with Gasteiger partial charge in [-0.15, -0.1) is 0 Å². The van der Waals surface area contributed by atoms with Crippen molar-refractivity contribution in [1.29, 1.82) is 0 Å². The van der Waals surface area contributed by atoms with Gasteiger partial charge in [-0.05, 0) is 12.1 Å². The molecule has 0 amide bonds. The molecule has 0 bridgehead atoms. The van der Waals surface area contributed by atoms with E-state index < -0.39 is 5.97 Å². The van der Waals surface area contributed by atoms with Gasteiger partial charge < -0.3 is 15.2 Å². The molecule has 0 aromatic carbocycles. The topological polar surface area (TPSA) is 71.5 Å². The third-order valence-electron chi connectivity index (χ3n) is 2.20. The van der Waals surface area contributed by atoms with Gasteiger partial charge in [0.1, 0.15) is 0 Å². The predicted molar refractivity (Wildman–Crippen MR) is 59.5 cm³/mol. The quantitative estimate of drug-likeness (QED) is 0.760. The summed E-state index contributed by atoms with van der Waals surface area (Å²) in [5.74, 6) is -0.309. The molecule has 0 radical (unpaired) electrons. The van der Waals surface area contributed by atoms with Gasteiger partial charge >= 0.3 is 5.97 Å². The lowest BCUT2D eigenvalue weighted by Crippen LogP contribution is -2.23. The number of aromatic nitrogens is 1. The van der Waals surface area contributed by atoms with Gasteiger partial charge in [0.2, 0.25) is 5.88 Å². The molecule has 0 spiro atoms. The molecule has 5 nitrogen and oxygen atoms in total. The van der Waals surface area contributed by atoms with Crippen LogP contribution in [0.4, 0.5) is 0 Å². The van der Waals surface area contributed by atoms with E-state index in [1.165, 1.54) is 0 Å². The maximum atomic E-state index is 10.7. The largest absolute Gasteiger partial charge is 0.481 e. The van der Waals surface area contributed by atoms with Crippen LogP contribution in [0.5, 0.6) is 5.88 Å². The number of carboxylic acids is 1. The number of hydrogen-bond donors (Lipinski definition) is 2. The van der Waals surface area contributed by atoms with Gasteiger partial charge in [-0.2, -0.15) is 0 Å². The van der Waals surface area contributed by atoms with Crippen LogP contribution in [0.2, 0.25) is 0 Å². The number of nitrogens with zero attached hydrogens (tertiary/aromatic N) is 1. The number of rotatable bonds is 6. The predicted octanol–water partition coefficient (Wildman–Crippen LogP) is 1.22. The SMILES string of the molecule is CCNC(CC(=O)O)c1ccc(OC)nc1. The first-order valence-corrected chi connectivity index (χ1v) is 5.12. The molecule has 1 atom stereocenters. The number of methoxy groups -OCH3 is 1. The lowest BCUT2D eigenvalue weighted by molar-refractivity contribution is -0.137. The molecule has 1 unspecified atom stereocenters. The van der Waals surface area contributed by atoms with Gasteiger partial charge in [0.25, 0.3) is 0 Å². The second kappa shape index (κ2) is 6.07. The van der Waals surface area contributed by atoms with Crippen molar-refractivity contribution >= 4 is 5.97 Å². The van der Waals surface area contributed by atoms with E-state index in [2.05, 4.69) is 10.3 Å². The van der Waals surface area contributed by atoms with E-state index in [0.29, 0.717) is 12.4 Å². The van der Waals surface area contributed by atoms with Crippen molar-refractivity contribution in [3.63, 3.8) is 0 Å². The Morgan fingerprint density at radius 1 is 1.62 bits per heavy atom. The van der Waals surface area contributed by atoms with E-state index in [1.807, 2.05) is 13.0 Å². The summed E-state index contributed by atoms with van der Waals surface area (Å²) in [6.07, 6.45) is 1.68. The summed E-state index contributed by atoms with van der Waals surface area (Å²) in [6, 6.07) is 3.34. The zero-order valence-electron chi connectivity index (χ0n) is 9.43. The fourth-order valence-electron chi connectivity index (χ4n) is 1.45. The van der Waals surface area contributed by atoms with Crippen molar-refractivity contribution < 1.29 is 14.6 Å². The Bertz CT molecular complexity index is 338. The number of carboxylic acid groups (broad SMARTS) is 1. The van der Waals surface area contributed by atoms with E-state index in [4.69, 9.17) is 9.84 Å². The lowest BCUT2D eigenvalue weighted by Gasteiger charge is -2.15. The van der Waals surface area contributed by atoms with Crippen LogP contribution >= 0.6 is 0 Å². The van der Waals surface area contributed by atoms with Crippen LogP contribution in [0.3, 0.4) is 0 Å². The molecule has 5 heteroatoms. The standard InChI is InChI=1S/C11H16N2O3/c1-3-12-9(6-11(14)15)8-4-5-10(16-2)13-7-8/h4-5,7,9,12H,3,6H2,1-2H3,(H,14,15). The maximum Gasteiger partial charge on any atom is 0.305 e. The molecule has 1 aromatic heterocycles. The molecule has 16 heavy (non-hydrogen) atoms. The van der Waals surface area contributed by atoms with Crippen molar-refractivity contribution in [2.45, 2.75) is 19.4 Å². The van der Waals surface area contributed by atoms with Crippen molar-refractivity contribution in [3.05, 3.63) is 23.9 Å². The van der Waals surface area contributed by atoms with Gasteiger partial charge in [-0.3, -0.25) is 4.79 Å². The molecule has 0 fully saturated rings. The second-order valence-electron chi connectivity index (χ2n) is 3.34. The van der Waals surface area contributed by atoms with E-state index in [9.17, 15) is 4.79 Å². The molecule has 88 valence electrons. The lowest BCUT2D eigenvalue weighted by atomic mass is 10.1. The summed E-state index contributed by atoms with van der Waals surface area (Å²) in [6.45, 7) is 2.65. The van der Waals surface area contributed by atoms with Crippen LogP contribution < -0.4 is 10.1 Å². The molecule has 0 aliphatic rings. The van der Waals surface area contributed by atoms with E-state index in [-0.39, 0.29) is 12.5 Å². The van der Waals surface area contributed by atoms with Crippen molar-refractivity contribution in [2.24, 2.45) is 0 Å². The minimum absolute atomic E-state index is 0.0435. The number of pyridine rings is 1. The Kier molecular flexibility index (Phi) is 4.72. The van der Waals surface area contributed by atoms with Crippen molar-refractivity contribution in [2.75, 3.05) is 13.7 Å². The van der Waals surface area contributed by atoms with Gasteiger partial charge in [-0.25, -0.2) is 4.98 Å². The summed E-state index contributed by atoms with van der Waals surface area (Å²) < 4.78 is 4.94. The highest BCUT2D eigenvalue weighted by molar-refractivity contribution is 5.67. The monoisotopic (exact) mass is 224 g/mol. The summed E-state index contributed by atoms with van der Waals surface area (Å²) >= 11 is 0. The highest BCUT2D eigenvalue weighted by atomic mass is 16.5. The molecule has 0 saturated heterocycles. The Morgan fingerprint density at radius 3 is 2.81 bits per heavy atom. The molecule has 0 aliphatic heterocycles. The van der Waals surface area contributed by atoms with Crippen LogP contribution in [-0.2, 0) is 4.79 Å². The fraction of sp³-hybridized carbons (Fsp3) is 0.455. The minimum atomic E-state index is -0.832. The van der Waals surface area contributed by atoms with Crippen LogP contribution in [0.1, 0.15) is 24.9 Å². The van der Waals surface area contributed by atoms with E-state index in [1.54, 1.807) is 19.4 Å². The maximum absolute atomic E-state index is 10.7. The van der Waals surface area contributed by atoms with Crippen molar-refractivity contribution in [3.8, 4) is 5.88 Å². The summed E-state index contributed by atoms with van der Waals surface area (Å²) in [7, 11) is 1.54. The smallest absolute Gasteiger partial charge is 0.305 e. The molecule has 1 aromatic rings. The summed E-state index contributed by atoms with van der Waals surface area (Å²) in [5, 5.41) is 11.9. The van der Waals surface area contributed by atoms with Gasteiger partial charge in [0.15, 0.2) is 0 Å². The number of hydrogen-bond acceptors (Lipinski definition) is 4. The molecule has 0 saturated carbocycles. The Hall–Kier alpha value is -1.62. The number of aliphatic carboxylic acids is 1. The fourth-order valence-corrected chi connectivity index (χ4v) is 1.45. The molecule has 1 rings (SSSR count). The average molecular weight is 224 g/mol. The zero-order chi connectivity index (χ0) is 12.0. The van der Waals surface area contributed by atoms with Crippen LogP contribution in [0.15, 0.2) is 18.3 Å². The van der Waals surface area contributed by atoms with E-state index >= 15 is 0 Å². The Labute approximate surface area is 94.5 Å². The highest BCUT2D eigenvalue weighted by Gasteiger charge is 2.14. The first kappa shape index (κ1) is 12.4. The number of carbonyl (C=O) groups is 1. The zero-order valence-corrected chi connectivity index (χ0v) is 9.43. The highest BCUT2D eigenvalue weighted by Crippen LogP contribution is 2.17. The van der Waals surface area contributed by atoms with Crippen LogP contribution in [0, 0.1) is 0 Å². The van der Waals surface area contributed by atoms with Crippen LogP contribution in [0.25, 0.3) is 0 Å². The Morgan fingerprint density at radius 2 is 2.38 bits per heavy atom. The third-order valence-corrected chi connectivity index (χ3v) is 2.20. The minimum Gasteiger partial charge on any atom is -0.481 e. The summed E-state index contributed by atoms with van der Waals surface area (Å²) in [5.41, 5.74) is 0.852. The normalized spacial score (nSPS) is 12.1. The second-order valence-corrected chi connectivity index (χ2v) is 3.34. The van der Waals surface area contributed by atoms with Gasteiger partial charge in [0, 0.05) is 18.3 Å².